The van der Waals surface area contributed by atoms with Crippen LogP contribution < -0.4 is 24.4 Å². The Morgan fingerprint density at radius 1 is 0.925 bits per heavy atom. The number of rotatable bonds is 12. The molecule has 1 aliphatic heterocycles. The summed E-state index contributed by atoms with van der Waals surface area (Å²) in [4.78, 5) is 39.8. The van der Waals surface area contributed by atoms with Gasteiger partial charge in [-0.2, -0.15) is 0 Å². The molecule has 0 spiro atoms. The number of urea groups is 1. The van der Waals surface area contributed by atoms with Crippen LogP contribution in [-0.4, -0.2) is 31.1 Å². The fourth-order valence-electron chi connectivity index (χ4n) is 4.20. The third-order valence-corrected chi connectivity index (χ3v) is 6.02. The van der Waals surface area contributed by atoms with Crippen molar-refractivity contribution in [2.75, 3.05) is 18.1 Å². The molecule has 4 amide bonds. The molecule has 0 unspecified atom stereocenters. The van der Waals surface area contributed by atoms with E-state index in [1.165, 1.54) is 6.08 Å². The second-order valence-electron chi connectivity index (χ2n) is 9.01. The van der Waals surface area contributed by atoms with E-state index in [9.17, 15) is 14.4 Å². The zero-order valence-electron chi connectivity index (χ0n) is 22.6. The van der Waals surface area contributed by atoms with Gasteiger partial charge in [0.1, 0.15) is 17.9 Å². The summed E-state index contributed by atoms with van der Waals surface area (Å²) in [6.07, 6.45) is 4.52. The SMILES string of the molecule is C=CCc1cc(/C=C2\C(=O)NC(=O)N(c3ccc(OCc4ccccc4)cc3)C2=O)cc(OCC)c1OCCC. The maximum Gasteiger partial charge on any atom is 0.335 e. The summed E-state index contributed by atoms with van der Waals surface area (Å²) in [5, 5.41) is 2.26. The van der Waals surface area contributed by atoms with Crippen LogP contribution in [0.4, 0.5) is 10.5 Å². The number of hydrogen-bond acceptors (Lipinski definition) is 6. The average Bonchev–Trinajstić information content (AvgIpc) is 2.95. The van der Waals surface area contributed by atoms with E-state index in [4.69, 9.17) is 14.2 Å². The minimum Gasteiger partial charge on any atom is -0.490 e. The van der Waals surface area contributed by atoms with Crippen molar-refractivity contribution in [3.05, 3.63) is 102 Å². The first-order chi connectivity index (χ1) is 19.4. The number of barbiturate groups is 1. The van der Waals surface area contributed by atoms with E-state index in [0.29, 0.717) is 54.7 Å². The highest BCUT2D eigenvalue weighted by Gasteiger charge is 2.37. The summed E-state index contributed by atoms with van der Waals surface area (Å²) in [6.45, 7) is 9.00. The van der Waals surface area contributed by atoms with Crippen LogP contribution >= 0.6 is 0 Å². The number of anilines is 1. The van der Waals surface area contributed by atoms with Crippen LogP contribution in [0.1, 0.15) is 37.0 Å². The maximum absolute atomic E-state index is 13.4. The van der Waals surface area contributed by atoms with Gasteiger partial charge in [0.15, 0.2) is 11.5 Å². The van der Waals surface area contributed by atoms with E-state index < -0.39 is 17.8 Å². The summed E-state index contributed by atoms with van der Waals surface area (Å²) < 4.78 is 17.6. The van der Waals surface area contributed by atoms with Crippen molar-refractivity contribution in [1.82, 2.24) is 5.32 Å². The van der Waals surface area contributed by atoms with E-state index in [1.807, 2.05) is 50.2 Å². The Morgan fingerprint density at radius 2 is 1.68 bits per heavy atom. The largest absolute Gasteiger partial charge is 0.490 e. The smallest absolute Gasteiger partial charge is 0.335 e. The standard InChI is InChI=1S/C32H32N2O6/c1-4-10-24-18-23(20-28(38-6-3)29(24)39-17-5-2)19-27-30(35)33-32(37)34(31(27)36)25-13-15-26(16-14-25)40-21-22-11-8-7-9-12-22/h4,7-9,11-16,18-20H,1,5-6,10,17,21H2,2-3H3,(H,33,35,37)/b27-19+. The molecule has 0 atom stereocenters. The number of carbonyl (C=O) groups excluding carboxylic acids is 3. The quantitative estimate of drug-likeness (QED) is 0.176. The molecule has 1 N–H and O–H groups in total. The van der Waals surface area contributed by atoms with E-state index in [2.05, 4.69) is 11.9 Å². The zero-order chi connectivity index (χ0) is 28.5. The lowest BCUT2D eigenvalue weighted by Crippen LogP contribution is -2.54. The highest BCUT2D eigenvalue weighted by atomic mass is 16.5. The number of nitrogens with one attached hydrogen (secondary N) is 1. The van der Waals surface area contributed by atoms with Crippen molar-refractivity contribution in [3.63, 3.8) is 0 Å². The van der Waals surface area contributed by atoms with Crippen molar-refractivity contribution < 1.29 is 28.6 Å². The Balaban J connectivity index is 1.61. The van der Waals surface area contributed by atoms with Crippen molar-refractivity contribution in [2.24, 2.45) is 0 Å². The Hall–Kier alpha value is -4.85. The summed E-state index contributed by atoms with van der Waals surface area (Å²) in [7, 11) is 0. The van der Waals surface area contributed by atoms with Gasteiger partial charge in [0.2, 0.25) is 0 Å². The lowest BCUT2D eigenvalue weighted by atomic mass is 10.0. The van der Waals surface area contributed by atoms with Gasteiger partial charge in [-0.1, -0.05) is 43.3 Å². The van der Waals surface area contributed by atoms with Gasteiger partial charge in [0.05, 0.1) is 18.9 Å². The van der Waals surface area contributed by atoms with Crippen LogP contribution in [0.15, 0.2) is 85.0 Å². The summed E-state index contributed by atoms with van der Waals surface area (Å²) in [5.41, 5.74) is 2.50. The normalized spacial score (nSPS) is 14.2. The molecular weight excluding hydrogens is 508 g/mol. The number of hydrogen-bond donors (Lipinski definition) is 1. The third-order valence-electron chi connectivity index (χ3n) is 6.02. The molecular formula is C32H32N2O6. The topological polar surface area (TPSA) is 94.2 Å². The Labute approximate surface area is 233 Å². The molecule has 8 nitrogen and oxygen atoms in total. The fourth-order valence-corrected chi connectivity index (χ4v) is 4.20. The van der Waals surface area contributed by atoms with Crippen LogP contribution in [-0.2, 0) is 22.6 Å². The lowest BCUT2D eigenvalue weighted by Gasteiger charge is -2.26. The predicted octanol–water partition coefficient (Wildman–Crippen LogP) is 5.85. The van der Waals surface area contributed by atoms with Crippen LogP contribution in [0.3, 0.4) is 0 Å². The number of imide groups is 2. The van der Waals surface area contributed by atoms with Crippen molar-refractivity contribution >= 4 is 29.6 Å². The summed E-state index contributed by atoms with van der Waals surface area (Å²) in [5.74, 6) is 0.180. The molecule has 1 aliphatic rings. The molecule has 0 bridgehead atoms. The molecule has 206 valence electrons. The monoisotopic (exact) mass is 540 g/mol. The molecule has 0 radical (unpaired) electrons. The van der Waals surface area contributed by atoms with Crippen molar-refractivity contribution in [1.29, 1.82) is 0 Å². The van der Waals surface area contributed by atoms with Crippen molar-refractivity contribution in [3.8, 4) is 17.2 Å². The maximum atomic E-state index is 13.4. The first kappa shape index (κ1) is 28.2. The number of benzene rings is 3. The first-order valence-corrected chi connectivity index (χ1v) is 13.2. The van der Waals surface area contributed by atoms with Gasteiger partial charge < -0.3 is 14.2 Å². The highest BCUT2D eigenvalue weighted by Crippen LogP contribution is 2.35. The van der Waals surface area contributed by atoms with Gasteiger partial charge in [0.25, 0.3) is 11.8 Å². The average molecular weight is 541 g/mol. The van der Waals surface area contributed by atoms with Gasteiger partial charge in [-0.25, -0.2) is 9.69 Å². The van der Waals surface area contributed by atoms with Gasteiger partial charge >= 0.3 is 6.03 Å². The predicted molar refractivity (Wildman–Crippen MR) is 154 cm³/mol. The minimum atomic E-state index is -0.823. The molecule has 1 fully saturated rings. The van der Waals surface area contributed by atoms with E-state index >= 15 is 0 Å². The second-order valence-corrected chi connectivity index (χ2v) is 9.01. The lowest BCUT2D eigenvalue weighted by molar-refractivity contribution is -0.122. The molecule has 0 aliphatic carbocycles. The molecule has 4 rings (SSSR count). The molecule has 0 aromatic heterocycles. The van der Waals surface area contributed by atoms with E-state index in [1.54, 1.807) is 36.4 Å². The third kappa shape index (κ3) is 6.58. The second kappa shape index (κ2) is 13.3. The van der Waals surface area contributed by atoms with Gasteiger partial charge in [-0.05, 0) is 73.4 Å². The van der Waals surface area contributed by atoms with Crippen LogP contribution in [0.2, 0.25) is 0 Å². The molecule has 0 saturated carbocycles. The molecule has 1 heterocycles. The first-order valence-electron chi connectivity index (χ1n) is 13.2. The van der Waals surface area contributed by atoms with E-state index in [0.717, 1.165) is 22.4 Å². The molecule has 40 heavy (non-hydrogen) atoms. The number of allylic oxidation sites excluding steroid dienone is 1. The minimum absolute atomic E-state index is 0.182. The van der Waals surface area contributed by atoms with Crippen molar-refractivity contribution in [2.45, 2.75) is 33.3 Å². The van der Waals surface area contributed by atoms with E-state index in [-0.39, 0.29) is 5.57 Å². The van der Waals surface area contributed by atoms with Gasteiger partial charge in [-0.3, -0.25) is 14.9 Å². The number of carbonyl (C=O) groups is 3. The van der Waals surface area contributed by atoms with Gasteiger partial charge in [0, 0.05) is 5.56 Å². The number of amides is 4. The molecule has 3 aromatic rings. The number of ether oxygens (including phenoxy) is 3. The Morgan fingerprint density at radius 3 is 2.35 bits per heavy atom. The zero-order valence-corrected chi connectivity index (χ0v) is 22.6. The molecule has 3 aromatic carbocycles. The Kier molecular flexibility index (Phi) is 9.35. The summed E-state index contributed by atoms with van der Waals surface area (Å²) in [6, 6.07) is 19.0. The number of nitrogens with zero attached hydrogens (tertiary/aromatic N) is 1. The molecule has 1 saturated heterocycles. The fraction of sp³-hybridized carbons (Fsp3) is 0.219. The van der Waals surface area contributed by atoms with Gasteiger partial charge in [-0.15, -0.1) is 6.58 Å². The summed E-state index contributed by atoms with van der Waals surface area (Å²) >= 11 is 0. The highest BCUT2D eigenvalue weighted by molar-refractivity contribution is 6.39. The van der Waals surface area contributed by atoms with Crippen LogP contribution in [0.25, 0.3) is 6.08 Å². The molecule has 8 heteroatoms. The Bertz CT molecular complexity index is 1410. The van der Waals surface area contributed by atoms with Crippen LogP contribution in [0.5, 0.6) is 17.2 Å². The van der Waals surface area contributed by atoms with Crippen LogP contribution in [0, 0.1) is 0 Å².